The molecule has 2 rings (SSSR count). The summed E-state index contributed by atoms with van der Waals surface area (Å²) in [6.45, 7) is 0. The van der Waals surface area contributed by atoms with Crippen LogP contribution in [-0.2, 0) is 0 Å². The average Bonchev–Trinajstić information content (AvgIpc) is 2.14. The largest absolute Gasteiger partial charge is 0.477 e. The molecule has 5 heteroatoms. The summed E-state index contributed by atoms with van der Waals surface area (Å²) in [6, 6.07) is 1.50. The maximum Gasteiger partial charge on any atom is 0.354 e. The molecule has 16 heavy (non-hydrogen) atoms. The minimum absolute atomic E-state index is 0.0839. The predicted molar refractivity (Wildman–Crippen MR) is 59.9 cm³/mol. The number of aromatic carboxylic acids is 1. The van der Waals surface area contributed by atoms with Crippen molar-refractivity contribution in [3.05, 3.63) is 17.6 Å². The van der Waals surface area contributed by atoms with Crippen LogP contribution in [-0.4, -0.2) is 35.1 Å². The van der Waals surface area contributed by atoms with Gasteiger partial charge in [0.1, 0.15) is 11.6 Å². The smallest absolute Gasteiger partial charge is 0.354 e. The van der Waals surface area contributed by atoms with E-state index in [4.69, 9.17) is 5.11 Å². The van der Waals surface area contributed by atoms with Gasteiger partial charge in [0.2, 0.25) is 0 Å². The third-order valence-corrected chi connectivity index (χ3v) is 2.88. The normalized spacial score (nSPS) is 15.6. The summed E-state index contributed by atoms with van der Waals surface area (Å²) in [5, 5.41) is 8.98. The van der Waals surface area contributed by atoms with Crippen LogP contribution in [0.4, 0.5) is 5.82 Å². The van der Waals surface area contributed by atoms with Crippen molar-refractivity contribution >= 4 is 11.8 Å². The molecule has 1 fully saturated rings. The SMILES string of the molecule is CN(C)c1cc(C(=O)O)nc(C2CCC2)n1. The summed E-state index contributed by atoms with van der Waals surface area (Å²) in [5.41, 5.74) is 0.0839. The van der Waals surface area contributed by atoms with E-state index in [9.17, 15) is 4.79 Å². The number of carboxylic acids is 1. The molecule has 1 aromatic heterocycles. The van der Waals surface area contributed by atoms with E-state index >= 15 is 0 Å². The van der Waals surface area contributed by atoms with Crippen molar-refractivity contribution in [2.75, 3.05) is 19.0 Å². The van der Waals surface area contributed by atoms with Gasteiger partial charge in [0, 0.05) is 26.1 Å². The van der Waals surface area contributed by atoms with Gasteiger partial charge in [-0.1, -0.05) is 6.42 Å². The van der Waals surface area contributed by atoms with Crippen LogP contribution >= 0.6 is 0 Å². The third kappa shape index (κ3) is 1.98. The Balaban J connectivity index is 2.40. The number of anilines is 1. The van der Waals surface area contributed by atoms with Gasteiger partial charge < -0.3 is 10.0 Å². The highest BCUT2D eigenvalue weighted by atomic mass is 16.4. The third-order valence-electron chi connectivity index (χ3n) is 2.88. The monoisotopic (exact) mass is 221 g/mol. The zero-order valence-electron chi connectivity index (χ0n) is 9.47. The lowest BCUT2D eigenvalue weighted by atomic mass is 9.85. The maximum atomic E-state index is 10.9. The molecule has 0 atom stereocenters. The fourth-order valence-electron chi connectivity index (χ4n) is 1.64. The summed E-state index contributed by atoms with van der Waals surface area (Å²) in [4.78, 5) is 21.2. The molecule has 1 aliphatic carbocycles. The van der Waals surface area contributed by atoms with Crippen molar-refractivity contribution in [1.82, 2.24) is 9.97 Å². The standard InChI is InChI=1S/C11H15N3O2/c1-14(2)9-6-8(11(15)16)12-10(13-9)7-4-3-5-7/h6-7H,3-5H2,1-2H3,(H,15,16). The predicted octanol–water partition coefficient (Wildman–Crippen LogP) is 1.51. The Hall–Kier alpha value is -1.65. The highest BCUT2D eigenvalue weighted by Crippen LogP contribution is 2.34. The summed E-state index contributed by atoms with van der Waals surface area (Å²) in [7, 11) is 3.69. The lowest BCUT2D eigenvalue weighted by molar-refractivity contribution is 0.0689. The Bertz CT molecular complexity index is 414. The number of carboxylic acid groups (broad SMARTS) is 1. The molecule has 1 aliphatic rings. The van der Waals surface area contributed by atoms with Gasteiger partial charge in [-0.3, -0.25) is 0 Å². The van der Waals surface area contributed by atoms with Crippen LogP contribution in [0.1, 0.15) is 41.5 Å². The lowest BCUT2D eigenvalue weighted by Gasteiger charge is -2.25. The van der Waals surface area contributed by atoms with E-state index in [1.807, 2.05) is 14.1 Å². The lowest BCUT2D eigenvalue weighted by Crippen LogP contribution is -2.19. The molecule has 0 aliphatic heterocycles. The van der Waals surface area contributed by atoms with Crippen LogP contribution in [0.5, 0.6) is 0 Å². The number of nitrogens with zero attached hydrogens (tertiary/aromatic N) is 3. The van der Waals surface area contributed by atoms with Crippen molar-refractivity contribution in [1.29, 1.82) is 0 Å². The minimum atomic E-state index is -0.994. The highest BCUT2D eigenvalue weighted by molar-refractivity contribution is 5.86. The second-order valence-corrected chi connectivity index (χ2v) is 4.30. The van der Waals surface area contributed by atoms with Crippen LogP contribution in [0.2, 0.25) is 0 Å². The second-order valence-electron chi connectivity index (χ2n) is 4.30. The van der Waals surface area contributed by atoms with Gasteiger partial charge in [0.15, 0.2) is 5.69 Å². The molecule has 5 nitrogen and oxygen atoms in total. The summed E-state index contributed by atoms with van der Waals surface area (Å²) in [6.07, 6.45) is 3.31. The van der Waals surface area contributed by atoms with Gasteiger partial charge in [-0.25, -0.2) is 14.8 Å². The van der Waals surface area contributed by atoms with Gasteiger partial charge in [-0.15, -0.1) is 0 Å². The van der Waals surface area contributed by atoms with Gasteiger partial charge in [-0.05, 0) is 12.8 Å². The molecule has 0 amide bonds. The van der Waals surface area contributed by atoms with Crippen molar-refractivity contribution in [3.8, 4) is 0 Å². The van der Waals surface area contributed by atoms with E-state index < -0.39 is 5.97 Å². The number of carbonyl (C=O) groups is 1. The Morgan fingerprint density at radius 3 is 2.56 bits per heavy atom. The van der Waals surface area contributed by atoms with Gasteiger partial charge in [0.25, 0.3) is 0 Å². The van der Waals surface area contributed by atoms with Crippen molar-refractivity contribution in [2.45, 2.75) is 25.2 Å². The van der Waals surface area contributed by atoms with Crippen LogP contribution < -0.4 is 4.90 Å². The molecule has 0 unspecified atom stereocenters. The topological polar surface area (TPSA) is 66.3 Å². The van der Waals surface area contributed by atoms with Crippen LogP contribution in [0.25, 0.3) is 0 Å². The molecule has 1 aromatic rings. The molecule has 86 valence electrons. The van der Waals surface area contributed by atoms with Crippen molar-refractivity contribution < 1.29 is 9.90 Å². The summed E-state index contributed by atoms with van der Waals surface area (Å²) in [5.74, 6) is 0.688. The van der Waals surface area contributed by atoms with Crippen LogP contribution in [0.15, 0.2) is 6.07 Å². The zero-order valence-corrected chi connectivity index (χ0v) is 9.47. The first kappa shape index (κ1) is 10.9. The Kier molecular flexibility index (Phi) is 2.77. The molecule has 0 spiro atoms. The van der Waals surface area contributed by atoms with Crippen LogP contribution in [0.3, 0.4) is 0 Å². The van der Waals surface area contributed by atoms with E-state index in [-0.39, 0.29) is 5.69 Å². The first-order valence-electron chi connectivity index (χ1n) is 5.37. The van der Waals surface area contributed by atoms with E-state index in [1.54, 1.807) is 4.90 Å². The molecule has 0 aromatic carbocycles. The molecular formula is C11H15N3O2. The molecule has 0 radical (unpaired) electrons. The minimum Gasteiger partial charge on any atom is -0.477 e. The van der Waals surface area contributed by atoms with Crippen molar-refractivity contribution in [3.63, 3.8) is 0 Å². The number of rotatable bonds is 3. The number of hydrogen-bond donors (Lipinski definition) is 1. The van der Waals surface area contributed by atoms with E-state index in [0.29, 0.717) is 17.6 Å². The fraction of sp³-hybridized carbons (Fsp3) is 0.545. The van der Waals surface area contributed by atoms with Crippen LogP contribution in [0, 0.1) is 0 Å². The zero-order chi connectivity index (χ0) is 11.7. The van der Waals surface area contributed by atoms with E-state index in [1.165, 1.54) is 12.5 Å². The summed E-state index contributed by atoms with van der Waals surface area (Å²) < 4.78 is 0. The molecule has 1 N–H and O–H groups in total. The van der Waals surface area contributed by atoms with Gasteiger partial charge in [-0.2, -0.15) is 0 Å². The molecule has 0 bridgehead atoms. The highest BCUT2D eigenvalue weighted by Gasteiger charge is 2.24. The van der Waals surface area contributed by atoms with Gasteiger partial charge in [0.05, 0.1) is 0 Å². The molecule has 1 saturated carbocycles. The molecule has 0 saturated heterocycles. The van der Waals surface area contributed by atoms with E-state index in [2.05, 4.69) is 9.97 Å². The fourth-order valence-corrected chi connectivity index (χ4v) is 1.64. The molecular weight excluding hydrogens is 206 g/mol. The number of hydrogen-bond acceptors (Lipinski definition) is 4. The Labute approximate surface area is 94.1 Å². The van der Waals surface area contributed by atoms with Gasteiger partial charge >= 0.3 is 5.97 Å². The first-order valence-corrected chi connectivity index (χ1v) is 5.37. The Morgan fingerprint density at radius 2 is 2.12 bits per heavy atom. The second kappa shape index (κ2) is 4.08. The average molecular weight is 221 g/mol. The quantitative estimate of drug-likeness (QED) is 0.838. The van der Waals surface area contributed by atoms with Crippen molar-refractivity contribution in [2.24, 2.45) is 0 Å². The maximum absolute atomic E-state index is 10.9. The Morgan fingerprint density at radius 1 is 1.44 bits per heavy atom. The number of aromatic nitrogens is 2. The summed E-state index contributed by atoms with van der Waals surface area (Å²) >= 11 is 0. The van der Waals surface area contributed by atoms with E-state index in [0.717, 1.165) is 12.8 Å². The molecule has 1 heterocycles. The first-order chi connectivity index (χ1) is 7.58.